The van der Waals surface area contributed by atoms with Gasteiger partial charge in [0.15, 0.2) is 0 Å². The highest BCUT2D eigenvalue weighted by Gasteiger charge is 2.36. The number of aromatic nitrogens is 1. The lowest BCUT2D eigenvalue weighted by Crippen LogP contribution is -2.57. The van der Waals surface area contributed by atoms with E-state index >= 15 is 0 Å². The molecule has 1 saturated heterocycles. The van der Waals surface area contributed by atoms with Gasteiger partial charge < -0.3 is 9.80 Å². The average Bonchev–Trinajstić information content (AvgIpc) is 2.62. The predicted molar refractivity (Wildman–Crippen MR) is 108 cm³/mol. The summed E-state index contributed by atoms with van der Waals surface area (Å²) in [6.07, 6.45) is 2.65. The molecule has 1 fully saturated rings. The van der Waals surface area contributed by atoms with Gasteiger partial charge in [0.1, 0.15) is 6.04 Å². The summed E-state index contributed by atoms with van der Waals surface area (Å²) >= 11 is 0. The van der Waals surface area contributed by atoms with Gasteiger partial charge in [0.2, 0.25) is 5.91 Å². The average molecular weight is 367 g/mol. The second-order valence-electron chi connectivity index (χ2n) is 7.71. The summed E-state index contributed by atoms with van der Waals surface area (Å²) in [4.78, 5) is 34.5. The molecule has 1 aliphatic heterocycles. The van der Waals surface area contributed by atoms with Crippen LogP contribution in [0.4, 0.5) is 0 Å². The van der Waals surface area contributed by atoms with Crippen molar-refractivity contribution >= 4 is 22.7 Å². The van der Waals surface area contributed by atoms with Crippen LogP contribution in [0.5, 0.6) is 0 Å². The fourth-order valence-corrected chi connectivity index (χ4v) is 3.97. The Bertz CT molecular complexity index is 891. The molecular formula is C22H29N3O2. The third-order valence-corrected chi connectivity index (χ3v) is 5.41. The molecule has 0 spiro atoms. The van der Waals surface area contributed by atoms with Gasteiger partial charge in [-0.05, 0) is 44.9 Å². The largest absolute Gasteiger partial charge is 0.342 e. The van der Waals surface area contributed by atoms with E-state index < -0.39 is 0 Å². The molecule has 5 nitrogen and oxygen atoms in total. The number of hydrogen-bond acceptors (Lipinski definition) is 3. The molecule has 5 heteroatoms. The van der Waals surface area contributed by atoms with Gasteiger partial charge in [-0.25, -0.2) is 0 Å². The van der Waals surface area contributed by atoms with Crippen LogP contribution in [0, 0.1) is 20.8 Å². The number of pyridine rings is 1. The normalized spacial score (nSPS) is 17.7. The molecule has 2 heterocycles. The highest BCUT2D eigenvalue weighted by atomic mass is 16.2. The number of carbonyl (C=O) groups is 2. The molecule has 0 N–H and O–H groups in total. The number of likely N-dealkylation sites (N-methyl/N-ethyl adjacent to an activating group) is 1. The van der Waals surface area contributed by atoms with Crippen molar-refractivity contribution in [1.82, 2.24) is 14.8 Å². The molecule has 144 valence electrons. The fourth-order valence-electron chi connectivity index (χ4n) is 3.97. The first-order chi connectivity index (χ1) is 12.8. The summed E-state index contributed by atoms with van der Waals surface area (Å²) in [7, 11) is 1.82. The van der Waals surface area contributed by atoms with Gasteiger partial charge in [0, 0.05) is 31.2 Å². The Labute approximate surface area is 161 Å². The number of amides is 2. The van der Waals surface area contributed by atoms with Crippen molar-refractivity contribution in [1.29, 1.82) is 0 Å². The molecular weight excluding hydrogens is 338 g/mol. The molecule has 2 amide bonds. The van der Waals surface area contributed by atoms with E-state index in [1.165, 1.54) is 0 Å². The molecule has 0 aliphatic carbocycles. The molecule has 0 unspecified atom stereocenters. The van der Waals surface area contributed by atoms with Crippen LogP contribution in [0.1, 0.15) is 53.4 Å². The van der Waals surface area contributed by atoms with Crippen molar-refractivity contribution in [3.8, 4) is 0 Å². The highest BCUT2D eigenvalue weighted by molar-refractivity contribution is 6.08. The third kappa shape index (κ3) is 3.68. The van der Waals surface area contributed by atoms with Crippen molar-refractivity contribution in [2.24, 2.45) is 0 Å². The first-order valence-corrected chi connectivity index (χ1v) is 9.78. The Kier molecular flexibility index (Phi) is 5.49. The van der Waals surface area contributed by atoms with E-state index in [2.05, 4.69) is 18.0 Å². The number of nitrogens with zero attached hydrogens (tertiary/aromatic N) is 3. The predicted octanol–water partition coefficient (Wildman–Crippen LogP) is 3.63. The van der Waals surface area contributed by atoms with E-state index in [4.69, 9.17) is 0 Å². The minimum absolute atomic E-state index is 0.0468. The van der Waals surface area contributed by atoms with Gasteiger partial charge in [-0.2, -0.15) is 0 Å². The molecule has 1 aromatic carbocycles. The zero-order valence-electron chi connectivity index (χ0n) is 17.0. The summed E-state index contributed by atoms with van der Waals surface area (Å²) in [6, 6.07) is 5.61. The molecule has 1 atom stereocenters. The maximum Gasteiger partial charge on any atom is 0.255 e. The Morgan fingerprint density at radius 2 is 1.93 bits per heavy atom. The first kappa shape index (κ1) is 19.3. The lowest BCUT2D eigenvalue weighted by Gasteiger charge is -2.39. The molecule has 2 aromatic rings. The number of aryl methyl sites for hydroxylation is 3. The summed E-state index contributed by atoms with van der Waals surface area (Å²) in [5.74, 6) is -0.0106. The lowest BCUT2D eigenvalue weighted by atomic mass is 9.98. The van der Waals surface area contributed by atoms with Gasteiger partial charge in [0.05, 0.1) is 11.1 Å². The Morgan fingerprint density at radius 3 is 2.63 bits per heavy atom. The first-order valence-electron chi connectivity index (χ1n) is 9.78. The number of unbranched alkanes of at least 4 members (excludes halogenated alkanes) is 1. The second kappa shape index (κ2) is 7.67. The summed E-state index contributed by atoms with van der Waals surface area (Å²) in [6.45, 7) is 9.23. The quantitative estimate of drug-likeness (QED) is 0.829. The van der Waals surface area contributed by atoms with Crippen LogP contribution < -0.4 is 0 Å². The lowest BCUT2D eigenvalue weighted by molar-refractivity contribution is -0.138. The van der Waals surface area contributed by atoms with Gasteiger partial charge in [0.25, 0.3) is 5.91 Å². The number of fused-ring (bicyclic) bond motifs is 1. The van der Waals surface area contributed by atoms with E-state index in [-0.39, 0.29) is 17.9 Å². The van der Waals surface area contributed by atoms with Crippen molar-refractivity contribution in [2.45, 2.75) is 53.0 Å². The molecule has 1 aliphatic rings. The van der Waals surface area contributed by atoms with E-state index in [1.54, 1.807) is 9.80 Å². The SMILES string of the molecule is CCCC[C@H]1C(=O)N(C)CCN1C(=O)c1cc(C)nc2c(C)cc(C)cc12. The minimum Gasteiger partial charge on any atom is -0.342 e. The Hall–Kier alpha value is -2.43. The van der Waals surface area contributed by atoms with Crippen molar-refractivity contribution in [2.75, 3.05) is 20.1 Å². The number of benzene rings is 1. The van der Waals surface area contributed by atoms with Crippen LogP contribution in [0.15, 0.2) is 18.2 Å². The zero-order valence-corrected chi connectivity index (χ0v) is 17.0. The number of piperazine rings is 1. The number of hydrogen-bond donors (Lipinski definition) is 0. The van der Waals surface area contributed by atoms with Crippen LogP contribution in [-0.2, 0) is 4.79 Å². The molecule has 0 radical (unpaired) electrons. The van der Waals surface area contributed by atoms with Crippen LogP contribution in [0.3, 0.4) is 0 Å². The molecule has 0 bridgehead atoms. The smallest absolute Gasteiger partial charge is 0.255 e. The number of carbonyl (C=O) groups excluding carboxylic acids is 2. The monoisotopic (exact) mass is 367 g/mol. The summed E-state index contributed by atoms with van der Waals surface area (Å²) in [5.41, 5.74) is 4.53. The van der Waals surface area contributed by atoms with Crippen molar-refractivity contribution in [3.63, 3.8) is 0 Å². The topological polar surface area (TPSA) is 53.5 Å². The van der Waals surface area contributed by atoms with Crippen LogP contribution in [-0.4, -0.2) is 52.8 Å². The van der Waals surface area contributed by atoms with Crippen molar-refractivity contribution < 1.29 is 9.59 Å². The second-order valence-corrected chi connectivity index (χ2v) is 7.71. The maximum absolute atomic E-state index is 13.5. The fraction of sp³-hybridized carbons (Fsp3) is 0.500. The van der Waals surface area contributed by atoms with Gasteiger partial charge in [-0.1, -0.05) is 31.4 Å². The van der Waals surface area contributed by atoms with E-state index in [0.717, 1.165) is 40.6 Å². The van der Waals surface area contributed by atoms with E-state index in [0.29, 0.717) is 25.1 Å². The standard InChI is InChI=1S/C22H29N3O2/c1-6-7-8-19-22(27)24(5)9-10-25(19)21(26)18-13-16(4)23-20-15(3)11-14(2)12-17(18)20/h11-13,19H,6-10H2,1-5H3/t19-/m0/s1. The summed E-state index contributed by atoms with van der Waals surface area (Å²) in [5, 5.41) is 0.878. The van der Waals surface area contributed by atoms with Gasteiger partial charge >= 0.3 is 0 Å². The third-order valence-electron chi connectivity index (χ3n) is 5.41. The molecule has 1 aromatic heterocycles. The molecule has 3 rings (SSSR count). The zero-order chi connectivity index (χ0) is 19.7. The van der Waals surface area contributed by atoms with Gasteiger partial charge in [-0.3, -0.25) is 14.6 Å². The van der Waals surface area contributed by atoms with E-state index in [1.807, 2.05) is 40.0 Å². The van der Waals surface area contributed by atoms with E-state index in [9.17, 15) is 9.59 Å². The highest BCUT2D eigenvalue weighted by Crippen LogP contribution is 2.27. The van der Waals surface area contributed by atoms with Crippen LogP contribution >= 0.6 is 0 Å². The molecule has 0 saturated carbocycles. The van der Waals surface area contributed by atoms with Gasteiger partial charge in [-0.15, -0.1) is 0 Å². The maximum atomic E-state index is 13.5. The van der Waals surface area contributed by atoms with Crippen molar-refractivity contribution in [3.05, 3.63) is 40.6 Å². The number of rotatable bonds is 4. The van der Waals surface area contributed by atoms with Crippen LogP contribution in [0.25, 0.3) is 10.9 Å². The Balaban J connectivity index is 2.07. The Morgan fingerprint density at radius 1 is 1.19 bits per heavy atom. The molecule has 27 heavy (non-hydrogen) atoms. The summed E-state index contributed by atoms with van der Waals surface area (Å²) < 4.78 is 0. The minimum atomic E-state index is -0.370. The van der Waals surface area contributed by atoms with Crippen LogP contribution in [0.2, 0.25) is 0 Å².